The highest BCUT2D eigenvalue weighted by Crippen LogP contribution is 2.25. The summed E-state index contributed by atoms with van der Waals surface area (Å²) in [5.41, 5.74) is 2.90. The van der Waals surface area contributed by atoms with Gasteiger partial charge in [0.25, 0.3) is 11.8 Å². The van der Waals surface area contributed by atoms with Crippen LogP contribution in [0.4, 0.5) is 0 Å². The third-order valence-corrected chi connectivity index (χ3v) is 6.76. The highest BCUT2D eigenvalue weighted by Gasteiger charge is 2.36. The maximum atomic E-state index is 12.8. The molecule has 0 bridgehead atoms. The van der Waals surface area contributed by atoms with Gasteiger partial charge >= 0.3 is 5.97 Å². The highest BCUT2D eigenvalue weighted by molar-refractivity contribution is 6.22. The topological polar surface area (TPSA) is 94.9 Å². The lowest BCUT2D eigenvalue weighted by molar-refractivity contribution is 0.0474. The molecule has 2 aliphatic rings. The maximum Gasteiger partial charge on any atom is 0.338 e. The van der Waals surface area contributed by atoms with Gasteiger partial charge in [0.1, 0.15) is 0 Å². The SMILES string of the molecule is Cc1cc(C(=O)COC(=O)c2ccc3c(c2)C(=O)N(CCC(C)C)C3=O)c(C)n1CC1CCCO1. The first-order valence-corrected chi connectivity index (χ1v) is 12.2. The number of amides is 2. The van der Waals surface area contributed by atoms with Crippen LogP contribution in [0.2, 0.25) is 0 Å². The molecule has 0 aliphatic carbocycles. The number of hydrogen-bond donors (Lipinski definition) is 0. The number of rotatable bonds is 9. The van der Waals surface area contributed by atoms with E-state index in [2.05, 4.69) is 4.57 Å². The fourth-order valence-electron chi connectivity index (χ4n) is 4.66. The number of carbonyl (C=O) groups excluding carboxylic acids is 4. The Balaban J connectivity index is 1.40. The Morgan fingerprint density at radius 1 is 1.11 bits per heavy atom. The Morgan fingerprint density at radius 2 is 1.86 bits per heavy atom. The van der Waals surface area contributed by atoms with Crippen molar-refractivity contribution < 1.29 is 28.7 Å². The molecule has 1 unspecified atom stereocenters. The highest BCUT2D eigenvalue weighted by atomic mass is 16.5. The van der Waals surface area contributed by atoms with Crippen molar-refractivity contribution in [1.82, 2.24) is 9.47 Å². The van der Waals surface area contributed by atoms with E-state index in [1.165, 1.54) is 23.1 Å². The Bertz CT molecular complexity index is 1170. The Morgan fingerprint density at radius 3 is 2.54 bits per heavy atom. The second-order valence-electron chi connectivity index (χ2n) is 9.73. The zero-order valence-electron chi connectivity index (χ0n) is 20.8. The predicted octanol–water partition coefficient (Wildman–Crippen LogP) is 3.97. The predicted molar refractivity (Wildman–Crippen MR) is 129 cm³/mol. The van der Waals surface area contributed by atoms with Gasteiger partial charge in [0.05, 0.1) is 22.8 Å². The molecule has 2 aromatic rings. The van der Waals surface area contributed by atoms with Crippen LogP contribution in [0.15, 0.2) is 24.3 Å². The van der Waals surface area contributed by atoms with Crippen molar-refractivity contribution >= 4 is 23.6 Å². The van der Waals surface area contributed by atoms with Crippen LogP contribution in [-0.4, -0.2) is 58.9 Å². The largest absolute Gasteiger partial charge is 0.454 e. The summed E-state index contributed by atoms with van der Waals surface area (Å²) in [5.74, 6) is -1.41. The molecule has 2 aliphatic heterocycles. The van der Waals surface area contributed by atoms with Gasteiger partial charge in [-0.15, -0.1) is 0 Å². The van der Waals surface area contributed by atoms with Crippen molar-refractivity contribution in [3.05, 3.63) is 57.9 Å². The number of aryl methyl sites for hydroxylation is 1. The molecule has 4 rings (SSSR count). The van der Waals surface area contributed by atoms with E-state index in [0.717, 1.165) is 30.8 Å². The average molecular weight is 481 g/mol. The quantitative estimate of drug-likeness (QED) is 0.306. The molecule has 186 valence electrons. The number of carbonyl (C=O) groups is 4. The van der Waals surface area contributed by atoms with E-state index in [4.69, 9.17) is 9.47 Å². The minimum absolute atomic E-state index is 0.132. The van der Waals surface area contributed by atoms with Gasteiger partial charge in [-0.1, -0.05) is 13.8 Å². The van der Waals surface area contributed by atoms with E-state index < -0.39 is 18.5 Å². The van der Waals surface area contributed by atoms with Crippen molar-refractivity contribution in [1.29, 1.82) is 0 Å². The third-order valence-electron chi connectivity index (χ3n) is 6.76. The molecule has 35 heavy (non-hydrogen) atoms. The minimum Gasteiger partial charge on any atom is -0.454 e. The zero-order valence-corrected chi connectivity index (χ0v) is 20.8. The lowest BCUT2D eigenvalue weighted by atomic mass is 10.1. The first-order chi connectivity index (χ1) is 16.7. The maximum absolute atomic E-state index is 12.8. The number of ether oxygens (including phenoxy) is 2. The van der Waals surface area contributed by atoms with Crippen molar-refractivity contribution in [2.45, 2.75) is 59.6 Å². The van der Waals surface area contributed by atoms with E-state index in [9.17, 15) is 19.2 Å². The van der Waals surface area contributed by atoms with Crippen LogP contribution >= 0.6 is 0 Å². The van der Waals surface area contributed by atoms with Gasteiger partial charge in [0, 0.05) is 36.6 Å². The van der Waals surface area contributed by atoms with Crippen LogP contribution in [0.1, 0.15) is 85.9 Å². The molecular weight excluding hydrogens is 448 g/mol. The number of Topliss-reactive ketones (excluding diaryl/α,β-unsaturated/α-hetero) is 1. The summed E-state index contributed by atoms with van der Waals surface area (Å²) in [7, 11) is 0. The average Bonchev–Trinajstić information content (AvgIpc) is 3.51. The zero-order chi connectivity index (χ0) is 25.3. The molecule has 2 amide bonds. The van der Waals surface area contributed by atoms with E-state index in [1.807, 2.05) is 33.8 Å². The number of aromatic nitrogens is 1. The smallest absolute Gasteiger partial charge is 0.338 e. The summed E-state index contributed by atoms with van der Waals surface area (Å²) < 4.78 is 13.1. The van der Waals surface area contributed by atoms with Gasteiger partial charge in [-0.2, -0.15) is 0 Å². The normalized spacial score (nSPS) is 17.4. The summed E-state index contributed by atoms with van der Waals surface area (Å²) in [5, 5.41) is 0. The molecule has 8 nitrogen and oxygen atoms in total. The third kappa shape index (κ3) is 5.07. The molecule has 3 heterocycles. The van der Waals surface area contributed by atoms with Crippen molar-refractivity contribution in [2.75, 3.05) is 19.8 Å². The second kappa shape index (κ2) is 10.2. The van der Waals surface area contributed by atoms with Gasteiger partial charge in [0.2, 0.25) is 5.78 Å². The molecule has 1 saturated heterocycles. The molecule has 1 aromatic carbocycles. The van der Waals surface area contributed by atoms with Gasteiger partial charge in [-0.05, 0) is 63.3 Å². The van der Waals surface area contributed by atoms with Crippen molar-refractivity contribution in [3.8, 4) is 0 Å². The van der Waals surface area contributed by atoms with E-state index in [-0.39, 0.29) is 34.5 Å². The number of imide groups is 1. The molecule has 0 radical (unpaired) electrons. The van der Waals surface area contributed by atoms with Gasteiger partial charge in [0.15, 0.2) is 6.61 Å². The molecule has 0 N–H and O–H groups in total. The van der Waals surface area contributed by atoms with E-state index in [1.54, 1.807) is 0 Å². The molecule has 1 fully saturated rings. The second-order valence-corrected chi connectivity index (χ2v) is 9.73. The number of benzene rings is 1. The fraction of sp³-hybridized carbons (Fsp3) is 0.481. The lowest BCUT2D eigenvalue weighted by Crippen LogP contribution is -2.31. The van der Waals surface area contributed by atoms with Crippen molar-refractivity contribution in [3.63, 3.8) is 0 Å². The van der Waals surface area contributed by atoms with Gasteiger partial charge in [-0.3, -0.25) is 19.3 Å². The molecular formula is C27H32N2O6. The Labute approximate surface area is 205 Å². The monoisotopic (exact) mass is 480 g/mol. The Hall–Kier alpha value is -3.26. The van der Waals surface area contributed by atoms with Crippen LogP contribution in [0.5, 0.6) is 0 Å². The van der Waals surface area contributed by atoms with E-state index in [0.29, 0.717) is 31.0 Å². The Kier molecular flexibility index (Phi) is 7.21. The van der Waals surface area contributed by atoms with Crippen LogP contribution in [0.3, 0.4) is 0 Å². The summed E-state index contributed by atoms with van der Waals surface area (Å²) in [6.07, 6.45) is 2.90. The molecule has 1 atom stereocenters. The van der Waals surface area contributed by atoms with Crippen LogP contribution in [0.25, 0.3) is 0 Å². The molecule has 1 aromatic heterocycles. The fourth-order valence-corrected chi connectivity index (χ4v) is 4.66. The van der Waals surface area contributed by atoms with Crippen molar-refractivity contribution in [2.24, 2.45) is 5.92 Å². The standard InChI is InChI=1S/C27H32N2O6/c1-16(2)9-10-28-25(31)21-8-7-19(13-23(21)26(28)32)27(33)35-15-24(30)22-12-17(3)29(18(22)4)14-20-6-5-11-34-20/h7-8,12-13,16,20H,5-6,9-11,14-15H2,1-4H3. The number of hydrogen-bond acceptors (Lipinski definition) is 6. The summed E-state index contributed by atoms with van der Waals surface area (Å²) >= 11 is 0. The van der Waals surface area contributed by atoms with Gasteiger partial charge < -0.3 is 14.0 Å². The summed E-state index contributed by atoms with van der Waals surface area (Å²) in [6, 6.07) is 6.12. The first-order valence-electron chi connectivity index (χ1n) is 12.2. The van der Waals surface area contributed by atoms with Crippen LogP contribution in [-0.2, 0) is 16.0 Å². The van der Waals surface area contributed by atoms with Gasteiger partial charge in [-0.25, -0.2) is 4.79 Å². The minimum atomic E-state index is -0.713. The summed E-state index contributed by atoms with van der Waals surface area (Å²) in [4.78, 5) is 52.0. The van der Waals surface area contributed by atoms with Crippen LogP contribution in [0, 0.1) is 19.8 Å². The lowest BCUT2D eigenvalue weighted by Gasteiger charge is -2.14. The molecule has 0 saturated carbocycles. The number of esters is 1. The number of ketones is 1. The van der Waals surface area contributed by atoms with E-state index >= 15 is 0 Å². The summed E-state index contributed by atoms with van der Waals surface area (Å²) in [6.45, 7) is 9.26. The number of nitrogens with zero attached hydrogens (tertiary/aromatic N) is 2. The first kappa shape index (κ1) is 24.9. The van der Waals surface area contributed by atoms with Crippen LogP contribution < -0.4 is 0 Å². The number of fused-ring (bicyclic) bond motifs is 1. The molecule has 8 heteroatoms. The molecule has 0 spiro atoms.